The lowest BCUT2D eigenvalue weighted by molar-refractivity contribution is 1.00. The zero-order valence-corrected chi connectivity index (χ0v) is 27.3. The van der Waals surface area contributed by atoms with E-state index >= 15 is 0 Å². The van der Waals surface area contributed by atoms with E-state index in [1.54, 1.807) is 0 Å². The first-order chi connectivity index (χ1) is 21.7. The lowest BCUT2D eigenvalue weighted by Crippen LogP contribution is -2.31. The molecule has 44 heavy (non-hydrogen) atoms. The molecular weight excluding hydrogens is 588 g/mol. The fourth-order valence-electron chi connectivity index (χ4n) is 5.93. The zero-order chi connectivity index (χ0) is 29.9. The minimum Gasteiger partial charge on any atom is -0.272 e. The Morgan fingerprint density at radius 2 is 0.932 bits per heavy atom. The maximum absolute atomic E-state index is 4.64. The second-order valence-corrected chi connectivity index (χ2v) is 17.0. The van der Waals surface area contributed by atoms with Gasteiger partial charge in [-0.2, -0.15) is 0 Å². The second-order valence-electron chi connectivity index (χ2n) is 10.8. The molecule has 1 atom stereocenters. The number of aromatic nitrogens is 1. The lowest BCUT2D eigenvalue weighted by atomic mass is 10.1. The van der Waals surface area contributed by atoms with Crippen LogP contribution >= 0.6 is 15.8 Å². The molecule has 1 unspecified atom stereocenters. The molecule has 0 amide bonds. The molecule has 0 spiro atoms. The molecule has 0 aliphatic heterocycles. The van der Waals surface area contributed by atoms with Gasteiger partial charge in [0.2, 0.25) is 0 Å². The molecule has 6 aromatic carbocycles. The molecule has 0 N–H and O–H groups in total. The third-order valence-electron chi connectivity index (χ3n) is 7.86. The monoisotopic (exact) mass is 622 g/mol. The molecule has 1 nitrogen and oxygen atoms in total. The largest absolute Gasteiger partial charge is 0.272 e. The summed E-state index contributed by atoms with van der Waals surface area (Å²) < 4.78 is 2.61. The number of rotatable bonds is 8. The van der Waals surface area contributed by atoms with Crippen LogP contribution in [0.4, 0.5) is 0 Å². The van der Waals surface area contributed by atoms with Crippen LogP contribution in [0.2, 0.25) is 0 Å². The predicted molar refractivity (Wildman–Crippen MR) is 201 cm³/mol. The predicted octanol–water partition coefficient (Wildman–Crippen LogP) is 6.92. The van der Waals surface area contributed by atoms with Crippen molar-refractivity contribution in [1.29, 1.82) is 0 Å². The molecule has 1 heterocycles. The van der Waals surface area contributed by atoms with Gasteiger partial charge < -0.3 is 0 Å². The number of fused-ring (bicyclic) bond motifs is 1. The van der Waals surface area contributed by atoms with Crippen molar-refractivity contribution in [3.8, 4) is 5.69 Å². The molecule has 0 aliphatic carbocycles. The van der Waals surface area contributed by atoms with Crippen LogP contribution in [-0.2, 0) is 10.5 Å². The van der Waals surface area contributed by atoms with Crippen LogP contribution in [-0.4, -0.2) is 16.7 Å². The first kappa shape index (κ1) is 28.7. The van der Waals surface area contributed by atoms with Crippen molar-refractivity contribution in [1.82, 2.24) is 4.57 Å². The van der Waals surface area contributed by atoms with Crippen LogP contribution in [0.15, 0.2) is 175 Å². The van der Waals surface area contributed by atoms with Crippen molar-refractivity contribution < 1.29 is 0 Å². The van der Waals surface area contributed by atoms with Crippen LogP contribution in [0, 0.1) is 0 Å². The normalized spacial score (nSPS) is 12.2. The Bertz CT molecular complexity index is 1960. The molecule has 0 fully saturated rings. The maximum atomic E-state index is 4.64. The average Bonchev–Trinajstić information content (AvgIpc) is 3.51. The molecule has 0 bridgehead atoms. The Hall–Kier alpha value is -4.06. The maximum Gasteiger partial charge on any atom is 0.193 e. The third kappa shape index (κ3) is 5.51. The van der Waals surface area contributed by atoms with E-state index in [9.17, 15) is 0 Å². The minimum atomic E-state index is -0.843. The van der Waals surface area contributed by atoms with E-state index in [4.69, 9.17) is 0 Å². The smallest absolute Gasteiger partial charge is 0.193 e. The van der Waals surface area contributed by atoms with Crippen molar-refractivity contribution in [3.05, 3.63) is 170 Å². The van der Waals surface area contributed by atoms with E-state index in [0.29, 0.717) is 0 Å². The SMILES string of the molecule is C=[SH+](C)c1ccc(P(c2ccccc2)c2ccccc2)n1-c1c(P(c2ccccc2)c2ccccc2)ccc2ccccc12. The molecular formula is C40H34NP2S+. The van der Waals surface area contributed by atoms with Gasteiger partial charge in [0.05, 0.1) is 17.4 Å². The number of nitrogens with zero attached hydrogens (tertiary/aromatic N) is 1. The van der Waals surface area contributed by atoms with E-state index in [0.717, 1.165) is 0 Å². The fourth-order valence-corrected chi connectivity index (χ4v) is 11.7. The highest BCUT2D eigenvalue weighted by Crippen LogP contribution is 2.41. The Labute approximate surface area is 265 Å². The Morgan fingerprint density at radius 3 is 1.43 bits per heavy atom. The quantitative estimate of drug-likeness (QED) is 0.0751. The Morgan fingerprint density at radius 1 is 0.477 bits per heavy atom. The number of thiol groups is 1. The summed E-state index contributed by atoms with van der Waals surface area (Å²) in [6.07, 6.45) is 2.28. The van der Waals surface area contributed by atoms with E-state index in [1.165, 1.54) is 53.4 Å². The summed E-state index contributed by atoms with van der Waals surface area (Å²) in [5.74, 6) is 4.64. The molecule has 4 heteroatoms. The molecule has 7 rings (SSSR count). The van der Waals surface area contributed by atoms with E-state index in [2.05, 4.69) is 187 Å². The highest BCUT2D eigenvalue weighted by atomic mass is 32.2. The van der Waals surface area contributed by atoms with Gasteiger partial charge in [0.25, 0.3) is 0 Å². The average molecular weight is 623 g/mol. The van der Waals surface area contributed by atoms with Crippen molar-refractivity contribution in [2.45, 2.75) is 5.03 Å². The van der Waals surface area contributed by atoms with Crippen LogP contribution in [0.25, 0.3) is 16.5 Å². The van der Waals surface area contributed by atoms with Crippen LogP contribution in [0.5, 0.6) is 0 Å². The minimum absolute atomic E-state index is 0.647. The fraction of sp³-hybridized carbons (Fsp3) is 0.0250. The van der Waals surface area contributed by atoms with Gasteiger partial charge in [0.15, 0.2) is 5.03 Å². The van der Waals surface area contributed by atoms with Crippen LogP contribution in [0.1, 0.15) is 0 Å². The lowest BCUT2D eigenvalue weighted by Gasteiger charge is -2.27. The molecule has 0 aliphatic rings. The van der Waals surface area contributed by atoms with Crippen molar-refractivity contribution in [2.75, 3.05) is 6.26 Å². The number of benzene rings is 6. The highest BCUT2D eigenvalue weighted by molar-refractivity contribution is 7.93. The molecule has 0 saturated carbocycles. The second kappa shape index (κ2) is 12.9. The van der Waals surface area contributed by atoms with Crippen LogP contribution < -0.4 is 32.0 Å². The summed E-state index contributed by atoms with van der Waals surface area (Å²) >= 11 is 0. The molecule has 214 valence electrons. The highest BCUT2D eigenvalue weighted by Gasteiger charge is 2.29. The standard InChI is InChI=1S/C40H33NP2S/c1-44(2)39-30-29-38(43(34-22-11-5-12-23-34)35-24-13-6-14-25-35)41(39)40-36-26-16-15-17-31(36)27-28-37(40)42(32-18-7-3-8-19-32)33-20-9-4-10-21-33/h3-30H,1H2,2H3/p+1. The summed E-state index contributed by atoms with van der Waals surface area (Å²) in [5.41, 5.74) is 2.62. The van der Waals surface area contributed by atoms with Gasteiger partial charge >= 0.3 is 0 Å². The Kier molecular flexibility index (Phi) is 8.41. The summed E-state index contributed by atoms with van der Waals surface area (Å²) in [7, 11) is -2.33. The summed E-state index contributed by atoms with van der Waals surface area (Å²) in [6.45, 7) is 0. The van der Waals surface area contributed by atoms with E-state index in [-0.39, 0.29) is 0 Å². The summed E-state index contributed by atoms with van der Waals surface area (Å²) in [6, 6.07) is 62.5. The van der Waals surface area contributed by atoms with Crippen molar-refractivity contribution in [2.24, 2.45) is 0 Å². The van der Waals surface area contributed by atoms with Crippen molar-refractivity contribution >= 4 is 74.9 Å². The van der Waals surface area contributed by atoms with E-state index < -0.39 is 26.3 Å². The van der Waals surface area contributed by atoms with Gasteiger partial charge in [0.1, 0.15) is 0 Å². The number of hydrogen-bond donors (Lipinski definition) is 0. The molecule has 7 aromatic rings. The van der Waals surface area contributed by atoms with Crippen molar-refractivity contribution in [3.63, 3.8) is 0 Å². The molecule has 1 aromatic heterocycles. The van der Waals surface area contributed by atoms with Gasteiger partial charge in [-0.25, -0.2) is 0 Å². The Balaban J connectivity index is 1.60. The molecule has 0 saturated heterocycles. The zero-order valence-electron chi connectivity index (χ0n) is 24.7. The van der Waals surface area contributed by atoms with Crippen LogP contribution in [0.3, 0.4) is 0 Å². The van der Waals surface area contributed by atoms with Gasteiger partial charge in [-0.1, -0.05) is 168 Å². The van der Waals surface area contributed by atoms with Gasteiger partial charge in [-0.3, -0.25) is 4.57 Å². The van der Waals surface area contributed by atoms with Gasteiger partial charge in [-0.15, -0.1) is 0 Å². The van der Waals surface area contributed by atoms with Gasteiger partial charge in [-0.05, 0) is 40.6 Å². The molecule has 0 radical (unpaired) electrons. The van der Waals surface area contributed by atoms with Gasteiger partial charge in [0, 0.05) is 30.5 Å². The first-order valence-electron chi connectivity index (χ1n) is 14.8. The summed E-state index contributed by atoms with van der Waals surface area (Å²) in [5, 5.41) is 10.6. The first-order valence-corrected chi connectivity index (χ1v) is 19.4. The third-order valence-corrected chi connectivity index (χ3v) is 13.9. The summed E-state index contributed by atoms with van der Waals surface area (Å²) in [4.78, 5) is 0. The van der Waals surface area contributed by atoms with E-state index in [1.807, 2.05) is 0 Å². The number of hydrogen-bond acceptors (Lipinski definition) is 0. The topological polar surface area (TPSA) is 4.93 Å².